The minimum atomic E-state index is -3.92. The molecule has 25 heavy (non-hydrogen) atoms. The third-order valence-electron chi connectivity index (χ3n) is 6.28. The number of nitro groups is 1. The normalized spacial score (nSPS) is 36.5. The molecule has 4 aliphatic carbocycles. The number of benzene rings is 1. The van der Waals surface area contributed by atoms with Gasteiger partial charge in [-0.15, -0.1) is 0 Å². The maximum absolute atomic E-state index is 12.7. The maximum atomic E-state index is 12.7. The van der Waals surface area contributed by atoms with Gasteiger partial charge in [-0.3, -0.25) is 14.3 Å². The highest BCUT2D eigenvalue weighted by Crippen LogP contribution is 2.58. The number of hydrogen-bond donors (Lipinski definition) is 0. The van der Waals surface area contributed by atoms with Crippen molar-refractivity contribution in [3.8, 4) is 0 Å². The Bertz CT molecular complexity index is 781. The van der Waals surface area contributed by atoms with E-state index in [9.17, 15) is 18.5 Å². The molecule has 0 N–H and O–H groups in total. The summed E-state index contributed by atoms with van der Waals surface area (Å²) in [7, 11) is -3.92. The van der Waals surface area contributed by atoms with Crippen molar-refractivity contribution in [3.63, 3.8) is 0 Å². The number of rotatable bonds is 5. The van der Waals surface area contributed by atoms with E-state index < -0.39 is 15.0 Å². The van der Waals surface area contributed by atoms with Crippen molar-refractivity contribution in [2.45, 2.75) is 36.7 Å². The summed E-state index contributed by atoms with van der Waals surface area (Å²) in [5.74, 6) is 2.47. The second kappa shape index (κ2) is 6.32. The molecule has 0 amide bonds. The summed E-state index contributed by atoms with van der Waals surface area (Å²) in [5, 5.41) is 11.6. The molecule has 4 saturated carbocycles. The minimum Gasteiger partial charge on any atom is -0.262 e. The first-order chi connectivity index (χ1) is 11.9. The van der Waals surface area contributed by atoms with Crippen LogP contribution in [-0.4, -0.2) is 24.8 Å². The predicted molar refractivity (Wildman–Crippen MR) is 94.9 cm³/mol. The predicted octanol–water partition coefficient (Wildman–Crippen LogP) is 3.75. The van der Waals surface area contributed by atoms with Crippen LogP contribution in [0.4, 0.5) is 5.69 Å². The van der Waals surface area contributed by atoms with E-state index in [2.05, 4.69) is 15.9 Å². The van der Waals surface area contributed by atoms with Gasteiger partial charge in [-0.05, 0) is 67.4 Å². The molecule has 4 fully saturated rings. The van der Waals surface area contributed by atoms with Crippen LogP contribution in [0.2, 0.25) is 0 Å². The van der Waals surface area contributed by atoms with Gasteiger partial charge in [-0.1, -0.05) is 15.9 Å². The van der Waals surface area contributed by atoms with E-state index in [1.165, 1.54) is 30.7 Å². The number of nitro benzene ring substituents is 1. The van der Waals surface area contributed by atoms with Gasteiger partial charge in [0.05, 0.1) is 15.9 Å². The molecular formula is C17H20BrNO5S. The van der Waals surface area contributed by atoms with Crippen LogP contribution in [0.3, 0.4) is 0 Å². The Hall–Kier alpha value is -0.990. The monoisotopic (exact) mass is 429 g/mol. The molecular weight excluding hydrogens is 410 g/mol. The van der Waals surface area contributed by atoms with Crippen LogP contribution in [0.25, 0.3) is 0 Å². The largest absolute Gasteiger partial charge is 0.297 e. The maximum Gasteiger partial charge on any atom is 0.297 e. The average molecular weight is 430 g/mol. The lowest BCUT2D eigenvalue weighted by molar-refractivity contribution is -0.384. The first kappa shape index (κ1) is 17.4. The summed E-state index contributed by atoms with van der Waals surface area (Å²) in [6.45, 7) is 0. The molecule has 136 valence electrons. The van der Waals surface area contributed by atoms with Crippen molar-refractivity contribution in [1.82, 2.24) is 0 Å². The van der Waals surface area contributed by atoms with Crippen LogP contribution in [-0.2, 0) is 14.3 Å². The number of alkyl halides is 1. The molecule has 5 rings (SSSR count). The molecule has 0 aromatic heterocycles. The Kier molecular flexibility index (Phi) is 4.40. The van der Waals surface area contributed by atoms with E-state index in [0.29, 0.717) is 23.7 Å². The van der Waals surface area contributed by atoms with Gasteiger partial charge in [0.25, 0.3) is 15.8 Å². The van der Waals surface area contributed by atoms with Crippen LogP contribution in [0, 0.1) is 39.7 Å². The van der Waals surface area contributed by atoms with Crippen molar-refractivity contribution < 1.29 is 17.5 Å². The Labute approximate surface area is 155 Å². The topological polar surface area (TPSA) is 86.5 Å². The van der Waals surface area contributed by atoms with Gasteiger partial charge in [0, 0.05) is 17.5 Å². The van der Waals surface area contributed by atoms with Gasteiger partial charge in [-0.25, -0.2) is 0 Å². The zero-order chi connectivity index (χ0) is 17.8. The van der Waals surface area contributed by atoms with E-state index in [0.717, 1.165) is 24.6 Å². The first-order valence-corrected chi connectivity index (χ1v) is 11.2. The fraction of sp³-hybridized carbons (Fsp3) is 0.647. The smallest absolute Gasteiger partial charge is 0.262 e. The van der Waals surface area contributed by atoms with Crippen molar-refractivity contribution in [1.29, 1.82) is 0 Å². The molecule has 4 aliphatic rings. The van der Waals surface area contributed by atoms with Crippen LogP contribution >= 0.6 is 15.9 Å². The van der Waals surface area contributed by atoms with Gasteiger partial charge < -0.3 is 0 Å². The summed E-state index contributed by atoms with van der Waals surface area (Å²) in [6.07, 6.45) is 4.15. The highest BCUT2D eigenvalue weighted by Gasteiger charge is 2.54. The molecule has 0 aliphatic heterocycles. The van der Waals surface area contributed by atoms with E-state index in [1.54, 1.807) is 0 Å². The van der Waals surface area contributed by atoms with E-state index in [1.807, 2.05) is 0 Å². The van der Waals surface area contributed by atoms with Crippen LogP contribution in [0.1, 0.15) is 25.7 Å². The van der Waals surface area contributed by atoms with Gasteiger partial charge in [-0.2, -0.15) is 8.42 Å². The average Bonchev–Trinajstić information content (AvgIpc) is 2.58. The summed E-state index contributed by atoms with van der Waals surface area (Å²) in [4.78, 5) is 10.2. The van der Waals surface area contributed by atoms with Crippen molar-refractivity contribution in [2.75, 3.05) is 5.33 Å². The summed E-state index contributed by atoms with van der Waals surface area (Å²) in [6, 6.07) is 4.92. The fourth-order valence-electron chi connectivity index (χ4n) is 5.31. The number of hydrogen-bond acceptors (Lipinski definition) is 5. The fourth-order valence-corrected chi connectivity index (χ4v) is 7.49. The highest BCUT2D eigenvalue weighted by molar-refractivity contribution is 9.09. The van der Waals surface area contributed by atoms with Gasteiger partial charge in [0.15, 0.2) is 0 Å². The Morgan fingerprint density at radius 2 is 1.80 bits per heavy atom. The standard InChI is InChI=1S/C17H20BrNO5S/c18-9-16-11-5-10-6-12(8-11)17(15(16)7-10)24-25(22,23)14-3-1-13(2-4-14)19(20)21/h1-4,10-12,15-17H,5-9H2/t10-,11+,12+,15-,16+,17+/m1/s1. The third kappa shape index (κ3) is 3.02. The van der Waals surface area contributed by atoms with E-state index in [4.69, 9.17) is 4.18 Å². The molecule has 6 atom stereocenters. The summed E-state index contributed by atoms with van der Waals surface area (Å²) < 4.78 is 31.1. The minimum absolute atomic E-state index is 0.0118. The zero-order valence-corrected chi connectivity index (χ0v) is 16.0. The molecule has 0 radical (unpaired) electrons. The molecule has 0 unspecified atom stereocenters. The third-order valence-corrected chi connectivity index (χ3v) is 8.35. The van der Waals surface area contributed by atoms with Crippen LogP contribution < -0.4 is 0 Å². The van der Waals surface area contributed by atoms with Gasteiger partial charge in [0.2, 0.25) is 0 Å². The molecule has 6 nitrogen and oxygen atoms in total. The molecule has 1 aromatic rings. The van der Waals surface area contributed by atoms with Gasteiger partial charge >= 0.3 is 0 Å². The number of nitrogens with zero attached hydrogens (tertiary/aromatic N) is 1. The molecule has 0 saturated heterocycles. The Balaban J connectivity index is 1.57. The molecule has 0 heterocycles. The van der Waals surface area contributed by atoms with Crippen molar-refractivity contribution >= 4 is 31.7 Å². The van der Waals surface area contributed by atoms with Crippen molar-refractivity contribution in [3.05, 3.63) is 34.4 Å². The molecule has 0 spiro atoms. The molecule has 8 heteroatoms. The summed E-state index contributed by atoms with van der Waals surface area (Å²) >= 11 is 3.61. The SMILES string of the molecule is O=[N+]([O-])c1ccc(S(=O)(=O)O[C@H]2[C@H]3C[C@H]4C[C@@H](C3)[C@H](CBr)[C@H]2C4)cc1. The highest BCUT2D eigenvalue weighted by atomic mass is 79.9. The quantitative estimate of drug-likeness (QED) is 0.307. The lowest BCUT2D eigenvalue weighted by Gasteiger charge is -2.57. The Morgan fingerprint density at radius 3 is 2.44 bits per heavy atom. The lowest BCUT2D eigenvalue weighted by atomic mass is 9.51. The first-order valence-electron chi connectivity index (χ1n) is 8.62. The Morgan fingerprint density at radius 1 is 1.12 bits per heavy atom. The van der Waals surface area contributed by atoms with Gasteiger partial charge in [0.1, 0.15) is 0 Å². The van der Waals surface area contributed by atoms with E-state index in [-0.39, 0.29) is 22.6 Å². The zero-order valence-electron chi connectivity index (χ0n) is 13.6. The van der Waals surface area contributed by atoms with E-state index >= 15 is 0 Å². The van der Waals surface area contributed by atoms with Crippen LogP contribution in [0.5, 0.6) is 0 Å². The number of halogens is 1. The lowest BCUT2D eigenvalue weighted by Crippen LogP contribution is -2.55. The number of non-ortho nitro benzene ring substituents is 1. The molecule has 4 bridgehead atoms. The van der Waals surface area contributed by atoms with Crippen molar-refractivity contribution in [2.24, 2.45) is 29.6 Å². The second-order valence-electron chi connectivity index (χ2n) is 7.58. The second-order valence-corrected chi connectivity index (χ2v) is 9.80. The summed E-state index contributed by atoms with van der Waals surface area (Å²) in [5.41, 5.74) is -0.132. The molecule has 1 aromatic carbocycles. The van der Waals surface area contributed by atoms with Crippen LogP contribution in [0.15, 0.2) is 29.2 Å².